The molecule has 26 heteroatoms. The van der Waals surface area contributed by atoms with Crippen LogP contribution in [0.4, 0.5) is 0 Å². The molecule has 24 nitrogen and oxygen atoms in total. The first-order chi connectivity index (χ1) is 36.7. The molecule has 6 atom stereocenters. The fourth-order valence-corrected chi connectivity index (χ4v) is 11.5. The summed E-state index contributed by atoms with van der Waals surface area (Å²) in [5.74, 6) is -5.25. The molecule has 0 aromatic carbocycles. The van der Waals surface area contributed by atoms with Crippen LogP contribution in [-0.4, -0.2) is 181 Å². The highest BCUT2D eigenvalue weighted by Gasteiger charge is 2.46. The van der Waals surface area contributed by atoms with Gasteiger partial charge in [0, 0.05) is 77.0 Å². The topological polar surface area (TPSA) is 310 Å². The minimum atomic E-state index is -2.73. The Bertz CT molecular complexity index is 1940. The number of aliphatic hydroxyl groups excluding tert-OH is 1. The summed E-state index contributed by atoms with van der Waals surface area (Å²) in [4.78, 5) is 92.8. The van der Waals surface area contributed by atoms with Crippen molar-refractivity contribution in [2.24, 2.45) is 11.8 Å². The van der Waals surface area contributed by atoms with Crippen LogP contribution in [0.1, 0.15) is 105 Å². The molecule has 2 saturated carbocycles. The molecule has 78 heavy (non-hydrogen) atoms. The van der Waals surface area contributed by atoms with Gasteiger partial charge in [-0.05, 0) is 90.9 Å². The highest BCUT2D eigenvalue weighted by atomic mass is 28.4. The molecule has 0 aromatic rings. The molecule has 1 aliphatic heterocycles. The number of esters is 7. The van der Waals surface area contributed by atoms with Crippen LogP contribution < -0.4 is 0 Å². The Morgan fingerprint density at radius 3 is 1.19 bits per heavy atom. The van der Waals surface area contributed by atoms with Crippen molar-refractivity contribution in [3.63, 3.8) is 0 Å². The molecule has 1 heterocycles. The van der Waals surface area contributed by atoms with Gasteiger partial charge in [0.15, 0.2) is 12.2 Å². The van der Waals surface area contributed by atoms with Gasteiger partial charge < -0.3 is 74.7 Å². The first-order valence-corrected chi connectivity index (χ1v) is 29.3. The summed E-state index contributed by atoms with van der Waals surface area (Å²) in [5, 5.41) is 18.9. The van der Waals surface area contributed by atoms with E-state index in [1.54, 1.807) is 42.7 Å². The van der Waals surface area contributed by atoms with Gasteiger partial charge >= 0.3 is 65.4 Å². The second-order valence-corrected chi connectivity index (χ2v) is 25.1. The van der Waals surface area contributed by atoms with Crippen molar-refractivity contribution in [1.82, 2.24) is 0 Å². The van der Waals surface area contributed by atoms with Crippen LogP contribution in [0.15, 0.2) is 48.6 Å². The van der Waals surface area contributed by atoms with E-state index in [1.807, 2.05) is 0 Å². The lowest BCUT2D eigenvalue weighted by Crippen LogP contribution is -2.44. The number of carboxylic acids is 1. The van der Waals surface area contributed by atoms with Crippen LogP contribution in [0.2, 0.25) is 12.1 Å². The first kappa shape index (κ1) is 70.8. The average molecular weight is 1150 g/mol. The predicted octanol–water partition coefficient (Wildman–Crippen LogP) is 5.08. The minimum Gasteiger partial charge on any atom is -0.481 e. The zero-order valence-corrected chi connectivity index (χ0v) is 49.1. The highest BCUT2D eigenvalue weighted by Crippen LogP contribution is 2.41. The van der Waals surface area contributed by atoms with Gasteiger partial charge in [0.25, 0.3) is 0 Å². The summed E-state index contributed by atoms with van der Waals surface area (Å²) < 4.78 is 73.5. The van der Waals surface area contributed by atoms with Gasteiger partial charge in [0.2, 0.25) is 0 Å². The van der Waals surface area contributed by atoms with Crippen molar-refractivity contribution < 1.29 is 113 Å². The van der Waals surface area contributed by atoms with Crippen LogP contribution in [0.25, 0.3) is 0 Å². The van der Waals surface area contributed by atoms with Crippen LogP contribution in [-0.2, 0) is 103 Å². The monoisotopic (exact) mass is 1150 g/mol. The Balaban J connectivity index is 0.000000653. The van der Waals surface area contributed by atoms with Gasteiger partial charge in [0.05, 0.1) is 44.0 Å². The fraction of sp³-hybridized carbons (Fsp3) is 0.692. The Hall–Kier alpha value is -5.17. The molecule has 2 aliphatic carbocycles. The number of ether oxygens (including phenoxy) is 8. The summed E-state index contributed by atoms with van der Waals surface area (Å²) in [5.41, 5.74) is 0.595. The van der Waals surface area contributed by atoms with E-state index < -0.39 is 96.2 Å². The largest absolute Gasteiger partial charge is 0.500 e. The molecule has 3 fully saturated rings. The van der Waals surface area contributed by atoms with E-state index in [9.17, 15) is 43.5 Å². The second kappa shape index (κ2) is 36.9. The summed E-state index contributed by atoms with van der Waals surface area (Å²) in [6.07, 6.45) is 3.41. The van der Waals surface area contributed by atoms with Gasteiger partial charge in [-0.3, -0.25) is 19.2 Å². The van der Waals surface area contributed by atoms with E-state index >= 15 is 0 Å². The molecule has 0 bridgehead atoms. The molecule has 6 unspecified atom stereocenters. The number of carbonyl (C=O) groups excluding carboxylic acids is 7. The Labute approximate surface area is 460 Å². The lowest BCUT2D eigenvalue weighted by Gasteiger charge is -2.34. The van der Waals surface area contributed by atoms with Crippen LogP contribution in [0.5, 0.6) is 0 Å². The SMILES string of the molecule is C=C(C)C(=O)OCC(COC(=O)C(=C)C)OC(=O)CCC(=O)O.C=C(C)C(=O)OCC(COC(=O)C(=C)C)OC(=O)CCC(=O)OC1CC(CC[Si](OC)(OC)OC)CCC1O.CO[Si](CCC1CCC2OC2C1)(OC)OC. The van der Waals surface area contributed by atoms with E-state index in [4.69, 9.17) is 69.6 Å². The maximum atomic E-state index is 12.4. The van der Waals surface area contributed by atoms with E-state index in [0.717, 1.165) is 31.2 Å². The van der Waals surface area contributed by atoms with Gasteiger partial charge in [0.1, 0.15) is 32.5 Å². The highest BCUT2D eigenvalue weighted by molar-refractivity contribution is 6.60. The van der Waals surface area contributed by atoms with Crippen molar-refractivity contribution in [2.45, 2.75) is 153 Å². The number of fused-ring (bicyclic) bond motifs is 1. The van der Waals surface area contributed by atoms with Crippen molar-refractivity contribution in [3.8, 4) is 0 Å². The molecule has 444 valence electrons. The van der Waals surface area contributed by atoms with Crippen molar-refractivity contribution in [2.75, 3.05) is 69.1 Å². The molecule has 0 amide bonds. The summed E-state index contributed by atoms with van der Waals surface area (Å²) in [7, 11) is 4.60. The maximum absolute atomic E-state index is 12.4. The zero-order valence-electron chi connectivity index (χ0n) is 47.1. The lowest BCUT2D eigenvalue weighted by atomic mass is 9.84. The zero-order chi connectivity index (χ0) is 59.2. The fourth-order valence-electron chi connectivity index (χ4n) is 7.74. The normalized spacial score (nSPS) is 19.4. The van der Waals surface area contributed by atoms with Gasteiger partial charge in [-0.25, -0.2) is 19.2 Å². The van der Waals surface area contributed by atoms with E-state index in [1.165, 1.54) is 47.0 Å². The number of aliphatic hydroxyl groups is 1. The third kappa shape index (κ3) is 28.1. The number of epoxide rings is 1. The molecule has 1 saturated heterocycles. The van der Waals surface area contributed by atoms with E-state index in [0.29, 0.717) is 31.1 Å². The molecule has 2 N–H and O–H groups in total. The number of rotatable bonds is 33. The van der Waals surface area contributed by atoms with Gasteiger partial charge in [-0.2, -0.15) is 0 Å². The quantitative estimate of drug-likeness (QED) is 0.0284. The average Bonchev–Trinajstić information content (AvgIpc) is 4.20. The van der Waals surface area contributed by atoms with E-state index in [-0.39, 0.29) is 73.9 Å². The Kier molecular flexibility index (Phi) is 33.5. The van der Waals surface area contributed by atoms with Crippen molar-refractivity contribution in [3.05, 3.63) is 48.6 Å². The molecule has 0 radical (unpaired) electrons. The third-order valence-electron chi connectivity index (χ3n) is 12.5. The second-order valence-electron chi connectivity index (χ2n) is 19.0. The van der Waals surface area contributed by atoms with Crippen LogP contribution in [0, 0.1) is 11.8 Å². The first-order valence-electron chi connectivity index (χ1n) is 25.5. The molecule has 3 rings (SSSR count). The molecule has 0 spiro atoms. The summed E-state index contributed by atoms with van der Waals surface area (Å²) in [6, 6.07) is 1.51. The Morgan fingerprint density at radius 2 is 0.846 bits per heavy atom. The summed E-state index contributed by atoms with van der Waals surface area (Å²) >= 11 is 0. The smallest absolute Gasteiger partial charge is 0.481 e. The lowest BCUT2D eigenvalue weighted by molar-refractivity contribution is -0.167. The third-order valence-corrected chi connectivity index (χ3v) is 18.0. The number of aliphatic carboxylic acids is 1. The molecular weight excluding hydrogens is 1060 g/mol. The Morgan fingerprint density at radius 1 is 0.500 bits per heavy atom. The van der Waals surface area contributed by atoms with E-state index in [2.05, 4.69) is 26.3 Å². The predicted molar refractivity (Wildman–Crippen MR) is 281 cm³/mol. The van der Waals surface area contributed by atoms with Gasteiger partial charge in [-0.15, -0.1) is 0 Å². The van der Waals surface area contributed by atoms with Crippen molar-refractivity contribution in [1.29, 1.82) is 0 Å². The maximum Gasteiger partial charge on any atom is 0.500 e. The van der Waals surface area contributed by atoms with Gasteiger partial charge in [-0.1, -0.05) is 26.3 Å². The molecule has 3 aliphatic rings. The standard InChI is InChI=1S/C26H42O12Si.C15H20O8.C11H22O4Si/c1-17(2)25(30)35-15-20(16-36-26(31)18(3)4)37-23(28)10-11-24(29)38-22-14-19(8-9-21(22)27)12-13-39(32-5,33-6)34-7;1-9(2)14(19)21-7-11(8-22-15(20)10(3)4)23-13(18)6-5-12(16)17;1-12-16(13-2,14-3)7-6-9-4-5-10-11(8-9)15-10/h19-22,27H,1,3,8-16H2,2,4-7H3;11H,1,3,5-8H2,2,4H3,(H,16,17);9-11H,4-8H2,1-3H3. The number of carbonyl (C=O) groups is 8. The number of hydrogen-bond donors (Lipinski definition) is 2. The summed E-state index contributed by atoms with van der Waals surface area (Å²) in [6.45, 7) is 18.1. The van der Waals surface area contributed by atoms with Crippen LogP contribution >= 0.6 is 0 Å². The van der Waals surface area contributed by atoms with Crippen molar-refractivity contribution >= 4 is 65.4 Å². The van der Waals surface area contributed by atoms with Crippen LogP contribution in [0.3, 0.4) is 0 Å². The number of hydrogen-bond acceptors (Lipinski definition) is 23. The molecule has 0 aromatic heterocycles. The number of carboxylic acid groups (broad SMARTS) is 1. The minimum absolute atomic E-state index is 0.145. The molecular formula is C52H84O24Si2.